The molecule has 0 fully saturated rings. The summed E-state index contributed by atoms with van der Waals surface area (Å²) in [4.78, 5) is 24.2. The molecule has 4 nitrogen and oxygen atoms in total. The van der Waals surface area contributed by atoms with E-state index in [4.69, 9.17) is 9.47 Å². The average molecular weight is 337 g/mol. The fourth-order valence-electron chi connectivity index (χ4n) is 1.38. The Balaban J connectivity index is 4.64. The number of hydrogen-bond donors (Lipinski definition) is 0. The highest BCUT2D eigenvalue weighted by Gasteiger charge is 2.49. The molecular formula is C14H25BrO4. The molecule has 0 aromatic heterocycles. The standard InChI is InChI=1S/C14H25BrO4/c1-5-7-9-18-12(16)14(15,11(3)4)13(17)19-10-8-6-2/h11H,5-10H2,1-4H3. The predicted octanol–water partition coefficient (Wildman–Crippen LogP) is 3.46. The van der Waals surface area contributed by atoms with Crippen LogP contribution in [0.3, 0.4) is 0 Å². The van der Waals surface area contributed by atoms with Gasteiger partial charge in [0.25, 0.3) is 0 Å². The van der Waals surface area contributed by atoms with Gasteiger partial charge in [0, 0.05) is 0 Å². The molecule has 0 N–H and O–H groups in total. The molecule has 0 aliphatic heterocycles. The van der Waals surface area contributed by atoms with Crippen LogP contribution in [-0.2, 0) is 19.1 Å². The number of unbranched alkanes of at least 4 members (excludes halogenated alkanes) is 2. The highest BCUT2D eigenvalue weighted by Crippen LogP contribution is 2.31. The lowest BCUT2D eigenvalue weighted by molar-refractivity contribution is -0.160. The first kappa shape index (κ1) is 18.4. The van der Waals surface area contributed by atoms with E-state index >= 15 is 0 Å². The molecule has 0 unspecified atom stereocenters. The first-order valence-corrected chi connectivity index (χ1v) is 7.73. The van der Waals surface area contributed by atoms with Crippen LogP contribution in [0.5, 0.6) is 0 Å². The molecule has 0 bridgehead atoms. The highest BCUT2D eigenvalue weighted by atomic mass is 79.9. The number of ether oxygens (including phenoxy) is 2. The molecule has 0 amide bonds. The van der Waals surface area contributed by atoms with Crippen LogP contribution in [-0.4, -0.2) is 29.5 Å². The zero-order valence-corrected chi connectivity index (χ0v) is 13.9. The number of carbonyl (C=O) groups excluding carboxylic acids is 2. The summed E-state index contributed by atoms with van der Waals surface area (Å²) in [7, 11) is 0. The maximum absolute atomic E-state index is 12.1. The van der Waals surface area contributed by atoms with E-state index in [1.165, 1.54) is 0 Å². The number of halogens is 1. The summed E-state index contributed by atoms with van der Waals surface area (Å²) in [6.07, 6.45) is 3.45. The van der Waals surface area contributed by atoms with E-state index in [2.05, 4.69) is 15.9 Å². The van der Waals surface area contributed by atoms with Crippen molar-refractivity contribution in [2.75, 3.05) is 13.2 Å². The monoisotopic (exact) mass is 336 g/mol. The molecule has 0 aliphatic rings. The molecule has 0 saturated carbocycles. The summed E-state index contributed by atoms with van der Waals surface area (Å²) in [5.74, 6) is -1.36. The Morgan fingerprint density at radius 1 is 1.00 bits per heavy atom. The lowest BCUT2D eigenvalue weighted by Gasteiger charge is -2.27. The Kier molecular flexibility index (Phi) is 9.06. The second kappa shape index (κ2) is 9.34. The van der Waals surface area contributed by atoms with E-state index in [1.807, 2.05) is 13.8 Å². The largest absolute Gasteiger partial charge is 0.464 e. The van der Waals surface area contributed by atoms with Crippen LogP contribution >= 0.6 is 15.9 Å². The van der Waals surface area contributed by atoms with Crippen LogP contribution in [0, 0.1) is 5.92 Å². The molecule has 0 atom stereocenters. The summed E-state index contributed by atoms with van der Waals surface area (Å²) in [5.41, 5.74) is 0. The first-order valence-electron chi connectivity index (χ1n) is 6.94. The minimum absolute atomic E-state index is 0.240. The Morgan fingerprint density at radius 3 is 1.63 bits per heavy atom. The molecule has 112 valence electrons. The minimum atomic E-state index is -1.39. The molecule has 0 saturated heterocycles. The topological polar surface area (TPSA) is 52.6 Å². The predicted molar refractivity (Wildman–Crippen MR) is 78.2 cm³/mol. The van der Waals surface area contributed by atoms with Gasteiger partial charge in [-0.2, -0.15) is 0 Å². The van der Waals surface area contributed by atoms with E-state index in [1.54, 1.807) is 13.8 Å². The van der Waals surface area contributed by atoms with Gasteiger partial charge in [-0.3, -0.25) is 0 Å². The second-order valence-electron chi connectivity index (χ2n) is 4.85. The fourth-order valence-corrected chi connectivity index (χ4v) is 1.61. The van der Waals surface area contributed by atoms with Gasteiger partial charge in [-0.25, -0.2) is 9.59 Å². The van der Waals surface area contributed by atoms with Crippen LogP contribution in [0.4, 0.5) is 0 Å². The van der Waals surface area contributed by atoms with Crippen molar-refractivity contribution < 1.29 is 19.1 Å². The lowest BCUT2D eigenvalue weighted by atomic mass is 9.96. The van der Waals surface area contributed by atoms with Crippen molar-refractivity contribution in [2.24, 2.45) is 5.92 Å². The first-order chi connectivity index (χ1) is 8.91. The molecule has 0 radical (unpaired) electrons. The van der Waals surface area contributed by atoms with Crippen molar-refractivity contribution in [3.05, 3.63) is 0 Å². The van der Waals surface area contributed by atoms with E-state index in [9.17, 15) is 9.59 Å². The van der Waals surface area contributed by atoms with Gasteiger partial charge in [0.2, 0.25) is 4.32 Å². The summed E-state index contributed by atoms with van der Waals surface area (Å²) in [5, 5.41) is 0. The van der Waals surface area contributed by atoms with Crippen molar-refractivity contribution in [1.29, 1.82) is 0 Å². The van der Waals surface area contributed by atoms with Crippen molar-refractivity contribution >= 4 is 27.9 Å². The number of alkyl halides is 1. The molecule has 0 aliphatic carbocycles. The van der Waals surface area contributed by atoms with Crippen molar-refractivity contribution in [1.82, 2.24) is 0 Å². The lowest BCUT2D eigenvalue weighted by Crippen LogP contribution is -2.47. The molecule has 0 spiro atoms. The van der Waals surface area contributed by atoms with E-state index in [0.29, 0.717) is 13.2 Å². The molecule has 5 heteroatoms. The third-order valence-electron chi connectivity index (χ3n) is 2.85. The summed E-state index contributed by atoms with van der Waals surface area (Å²) in [6.45, 7) is 8.26. The molecule has 0 heterocycles. The van der Waals surface area contributed by atoms with Gasteiger partial charge in [0.15, 0.2) is 0 Å². The zero-order chi connectivity index (χ0) is 14.9. The van der Waals surface area contributed by atoms with Crippen LogP contribution in [0.1, 0.15) is 53.4 Å². The van der Waals surface area contributed by atoms with E-state index in [-0.39, 0.29) is 5.92 Å². The van der Waals surface area contributed by atoms with Crippen molar-refractivity contribution in [3.8, 4) is 0 Å². The molecule has 19 heavy (non-hydrogen) atoms. The van der Waals surface area contributed by atoms with Crippen LogP contribution in [0.2, 0.25) is 0 Å². The number of esters is 2. The number of rotatable bonds is 9. The summed E-state index contributed by atoms with van der Waals surface area (Å²) >= 11 is 3.24. The molecule has 0 aromatic rings. The van der Waals surface area contributed by atoms with Crippen molar-refractivity contribution in [3.63, 3.8) is 0 Å². The SMILES string of the molecule is CCCCOC(=O)C(Br)(C(=O)OCCCC)C(C)C. The van der Waals surface area contributed by atoms with Crippen molar-refractivity contribution in [2.45, 2.75) is 57.7 Å². The smallest absolute Gasteiger partial charge is 0.334 e. The Bertz CT molecular complexity index is 267. The Morgan fingerprint density at radius 2 is 1.37 bits per heavy atom. The highest BCUT2D eigenvalue weighted by molar-refractivity contribution is 9.10. The minimum Gasteiger partial charge on any atom is -0.464 e. The number of carbonyl (C=O) groups is 2. The van der Waals surface area contributed by atoms with Crippen LogP contribution in [0.15, 0.2) is 0 Å². The van der Waals surface area contributed by atoms with Crippen LogP contribution < -0.4 is 0 Å². The summed E-state index contributed by atoms with van der Waals surface area (Å²) in [6, 6.07) is 0. The van der Waals surface area contributed by atoms with E-state index < -0.39 is 16.3 Å². The van der Waals surface area contributed by atoms with Gasteiger partial charge in [0.1, 0.15) is 0 Å². The maximum Gasteiger partial charge on any atom is 0.334 e. The molecule has 0 aromatic carbocycles. The number of hydrogen-bond acceptors (Lipinski definition) is 4. The Hall–Kier alpha value is -0.580. The van der Waals surface area contributed by atoms with Gasteiger partial charge >= 0.3 is 11.9 Å². The van der Waals surface area contributed by atoms with Gasteiger partial charge in [-0.05, 0) is 18.8 Å². The van der Waals surface area contributed by atoms with Crippen LogP contribution in [0.25, 0.3) is 0 Å². The van der Waals surface area contributed by atoms with Gasteiger partial charge in [0.05, 0.1) is 13.2 Å². The molecule has 0 rings (SSSR count). The quantitative estimate of drug-likeness (QED) is 0.280. The Labute approximate surface area is 124 Å². The third kappa shape index (κ3) is 5.51. The fraction of sp³-hybridized carbons (Fsp3) is 0.857. The van der Waals surface area contributed by atoms with E-state index in [0.717, 1.165) is 25.7 Å². The molecular weight excluding hydrogens is 312 g/mol. The maximum atomic E-state index is 12.1. The van der Waals surface area contributed by atoms with Gasteiger partial charge in [-0.1, -0.05) is 56.5 Å². The van der Waals surface area contributed by atoms with Gasteiger partial charge < -0.3 is 9.47 Å². The normalized spacial score (nSPS) is 11.5. The third-order valence-corrected chi connectivity index (χ3v) is 4.41. The van der Waals surface area contributed by atoms with Gasteiger partial charge in [-0.15, -0.1) is 0 Å². The summed E-state index contributed by atoms with van der Waals surface area (Å²) < 4.78 is 8.91. The zero-order valence-electron chi connectivity index (χ0n) is 12.3. The second-order valence-corrected chi connectivity index (χ2v) is 6.10. The average Bonchev–Trinajstić information content (AvgIpc) is 2.37.